The molecular formula is C74H127NO10. The number of aliphatic hydroxyl groups is 5. The van der Waals surface area contributed by atoms with E-state index in [4.69, 9.17) is 14.2 Å². The number of carbonyl (C=O) groups excluding carboxylic acids is 2. The van der Waals surface area contributed by atoms with Crippen molar-refractivity contribution < 1.29 is 49.3 Å². The van der Waals surface area contributed by atoms with Crippen molar-refractivity contribution in [3.05, 3.63) is 109 Å². The molecule has 11 heteroatoms. The second-order valence-corrected chi connectivity index (χ2v) is 23.5. The van der Waals surface area contributed by atoms with Gasteiger partial charge < -0.3 is 45.1 Å². The van der Waals surface area contributed by atoms with E-state index in [9.17, 15) is 35.1 Å². The van der Waals surface area contributed by atoms with E-state index < -0.39 is 67.4 Å². The molecule has 11 nitrogen and oxygen atoms in total. The number of hydrogen-bond donors (Lipinski definition) is 6. The summed E-state index contributed by atoms with van der Waals surface area (Å²) < 4.78 is 17.7. The van der Waals surface area contributed by atoms with Gasteiger partial charge in [0.05, 0.1) is 25.4 Å². The van der Waals surface area contributed by atoms with E-state index >= 15 is 0 Å². The fourth-order valence-corrected chi connectivity index (χ4v) is 10.2. The lowest BCUT2D eigenvalue weighted by atomic mass is 9.99. The van der Waals surface area contributed by atoms with Gasteiger partial charge in [-0.3, -0.25) is 9.59 Å². The number of aliphatic hydroxyl groups excluding tert-OH is 5. The van der Waals surface area contributed by atoms with Crippen LogP contribution in [0.2, 0.25) is 0 Å². The Balaban J connectivity index is 2.65. The molecule has 0 aromatic heterocycles. The zero-order chi connectivity index (χ0) is 61.7. The average molecular weight is 1190 g/mol. The smallest absolute Gasteiger partial charge is 0.306 e. The monoisotopic (exact) mass is 1190 g/mol. The van der Waals surface area contributed by atoms with E-state index in [1.807, 2.05) is 6.08 Å². The van der Waals surface area contributed by atoms with Crippen LogP contribution in [0.15, 0.2) is 109 Å². The molecule has 1 aliphatic rings. The van der Waals surface area contributed by atoms with Crippen LogP contribution in [-0.2, 0) is 23.8 Å². The van der Waals surface area contributed by atoms with Crippen molar-refractivity contribution in [3.8, 4) is 0 Å². The van der Waals surface area contributed by atoms with E-state index in [2.05, 4.69) is 123 Å². The molecule has 8 atom stereocenters. The second kappa shape index (κ2) is 60.6. The van der Waals surface area contributed by atoms with Gasteiger partial charge in [-0.2, -0.15) is 0 Å². The molecule has 0 aromatic carbocycles. The van der Waals surface area contributed by atoms with Crippen LogP contribution in [0.5, 0.6) is 0 Å². The van der Waals surface area contributed by atoms with E-state index in [1.54, 1.807) is 6.08 Å². The molecule has 1 fully saturated rings. The summed E-state index contributed by atoms with van der Waals surface area (Å²) in [5.74, 6) is -1.22. The SMILES string of the molecule is CC/C=C\C/C=C\C/C=C\C/C=C\C/C=C\C/C=C\CCCCCC(O)C(=O)NC(COC1OC(CO)C(O)C(O)C1OC(=O)CCCCCCCCCCCCC/C=C\C/C=C\CCCCC)C(O)/C=C/CCCCCCCCCCCCC. The van der Waals surface area contributed by atoms with Gasteiger partial charge in [0.1, 0.15) is 24.4 Å². The maximum Gasteiger partial charge on any atom is 0.306 e. The molecular weight excluding hydrogens is 1060 g/mol. The van der Waals surface area contributed by atoms with Crippen molar-refractivity contribution in [2.45, 2.75) is 333 Å². The summed E-state index contributed by atoms with van der Waals surface area (Å²) in [6.07, 6.45) is 72.6. The van der Waals surface area contributed by atoms with E-state index in [-0.39, 0.29) is 19.4 Å². The number of nitrogens with one attached hydrogen (secondary N) is 1. The van der Waals surface area contributed by atoms with E-state index in [0.29, 0.717) is 12.8 Å². The first-order valence-electron chi connectivity index (χ1n) is 34.7. The van der Waals surface area contributed by atoms with Crippen LogP contribution < -0.4 is 5.32 Å². The van der Waals surface area contributed by atoms with Crippen molar-refractivity contribution in [2.75, 3.05) is 13.2 Å². The van der Waals surface area contributed by atoms with Gasteiger partial charge in [-0.25, -0.2) is 0 Å². The highest BCUT2D eigenvalue weighted by Crippen LogP contribution is 2.26. The highest BCUT2D eigenvalue weighted by Gasteiger charge is 2.47. The van der Waals surface area contributed by atoms with Crippen molar-refractivity contribution in [1.29, 1.82) is 0 Å². The lowest BCUT2D eigenvalue weighted by molar-refractivity contribution is -0.305. The molecule has 0 spiro atoms. The maximum atomic E-state index is 13.5. The first-order valence-corrected chi connectivity index (χ1v) is 34.7. The molecule has 85 heavy (non-hydrogen) atoms. The Morgan fingerprint density at radius 1 is 0.471 bits per heavy atom. The Labute approximate surface area is 519 Å². The first kappa shape index (κ1) is 79.3. The van der Waals surface area contributed by atoms with Crippen LogP contribution >= 0.6 is 0 Å². The molecule has 0 saturated carbocycles. The summed E-state index contributed by atoms with van der Waals surface area (Å²) in [5.41, 5.74) is 0. The van der Waals surface area contributed by atoms with Crippen LogP contribution in [0.4, 0.5) is 0 Å². The molecule has 1 heterocycles. The number of ether oxygens (including phenoxy) is 3. The number of unbranched alkanes of at least 4 members (excludes halogenated alkanes) is 28. The lowest BCUT2D eigenvalue weighted by Gasteiger charge is -2.41. The Bertz CT molecular complexity index is 1800. The molecule has 1 saturated heterocycles. The molecule has 1 rings (SSSR count). The fraction of sp³-hybridized carbons (Fsp3) is 0.730. The third-order valence-electron chi connectivity index (χ3n) is 15.7. The lowest BCUT2D eigenvalue weighted by Crippen LogP contribution is -2.61. The summed E-state index contributed by atoms with van der Waals surface area (Å²) in [6.45, 7) is 5.65. The standard InChI is InChI=1S/C74H127NO10/c1-4-7-10-13-16-19-22-25-27-29-31-33-35-36-38-40-43-46-49-52-55-58-61-67(78)73(82)75-65(66(77)60-57-54-51-48-45-42-24-21-18-15-12-9-6-3)64-83-74-72(71(81)70(80)68(63-76)84-74)85-69(79)62-59-56-53-50-47-44-41-39-37-34-32-30-28-26-23-20-17-14-11-8-5-2/h7,10,16-17,19-20,25-28,31,33,36,38,43,46,57,60,65-68,70-72,74,76-78,80-81H,4-6,8-9,11-15,18,21-24,29-30,32,34-35,37,39-42,44-45,47-56,58-59,61-64H2,1-3H3,(H,75,82)/b10-7-,19-16-,20-17-,27-25-,28-26-,33-31-,38-36-,46-43-,60-57+. The zero-order valence-corrected chi connectivity index (χ0v) is 54.2. The van der Waals surface area contributed by atoms with E-state index in [1.165, 1.54) is 122 Å². The van der Waals surface area contributed by atoms with Gasteiger partial charge in [0.2, 0.25) is 5.91 Å². The van der Waals surface area contributed by atoms with Crippen LogP contribution in [-0.4, -0.2) is 99.6 Å². The average Bonchev–Trinajstić information content (AvgIpc) is 3.19. The number of rotatable bonds is 58. The summed E-state index contributed by atoms with van der Waals surface area (Å²) >= 11 is 0. The summed E-state index contributed by atoms with van der Waals surface area (Å²) in [4.78, 5) is 26.7. The van der Waals surface area contributed by atoms with Gasteiger partial charge in [-0.1, -0.05) is 278 Å². The van der Waals surface area contributed by atoms with Crippen molar-refractivity contribution >= 4 is 11.9 Å². The Morgan fingerprint density at radius 3 is 1.29 bits per heavy atom. The molecule has 0 radical (unpaired) electrons. The van der Waals surface area contributed by atoms with Crippen molar-refractivity contribution in [2.24, 2.45) is 0 Å². The summed E-state index contributed by atoms with van der Waals surface area (Å²) in [6, 6.07) is -1.05. The summed E-state index contributed by atoms with van der Waals surface area (Å²) in [7, 11) is 0. The third kappa shape index (κ3) is 48.0. The third-order valence-corrected chi connectivity index (χ3v) is 15.7. The first-order chi connectivity index (χ1) is 41.7. The number of hydrogen-bond acceptors (Lipinski definition) is 10. The highest BCUT2D eigenvalue weighted by atomic mass is 16.7. The van der Waals surface area contributed by atoms with Crippen LogP contribution in [0.1, 0.15) is 284 Å². The number of allylic oxidation sites excluding steroid dienone is 17. The van der Waals surface area contributed by atoms with Gasteiger partial charge in [-0.15, -0.1) is 0 Å². The molecule has 488 valence electrons. The summed E-state index contributed by atoms with van der Waals surface area (Å²) in [5, 5.41) is 57.2. The fourth-order valence-electron chi connectivity index (χ4n) is 10.2. The van der Waals surface area contributed by atoms with Crippen molar-refractivity contribution in [3.63, 3.8) is 0 Å². The largest absolute Gasteiger partial charge is 0.454 e. The molecule has 0 bridgehead atoms. The van der Waals surface area contributed by atoms with Crippen LogP contribution in [0.25, 0.3) is 0 Å². The molecule has 6 N–H and O–H groups in total. The normalized spacial score (nSPS) is 19.1. The quantitative estimate of drug-likeness (QED) is 0.0195. The topological polar surface area (TPSA) is 175 Å². The number of carbonyl (C=O) groups is 2. The predicted molar refractivity (Wildman–Crippen MR) is 356 cm³/mol. The van der Waals surface area contributed by atoms with E-state index in [0.717, 1.165) is 116 Å². The zero-order valence-electron chi connectivity index (χ0n) is 54.2. The highest BCUT2D eigenvalue weighted by molar-refractivity contribution is 5.80. The Hall–Kier alpha value is -3.68. The Morgan fingerprint density at radius 2 is 0.847 bits per heavy atom. The molecule has 1 amide bonds. The van der Waals surface area contributed by atoms with Gasteiger partial charge in [0.25, 0.3) is 0 Å². The molecule has 8 unspecified atom stereocenters. The van der Waals surface area contributed by atoms with Gasteiger partial charge in [0.15, 0.2) is 12.4 Å². The molecule has 0 aromatic rings. The molecule has 0 aliphatic carbocycles. The maximum absolute atomic E-state index is 13.5. The van der Waals surface area contributed by atoms with Gasteiger partial charge in [-0.05, 0) is 109 Å². The van der Waals surface area contributed by atoms with Crippen LogP contribution in [0, 0.1) is 0 Å². The van der Waals surface area contributed by atoms with Gasteiger partial charge >= 0.3 is 5.97 Å². The van der Waals surface area contributed by atoms with Crippen molar-refractivity contribution in [1.82, 2.24) is 5.32 Å². The minimum atomic E-state index is -1.63. The number of esters is 1. The van der Waals surface area contributed by atoms with Gasteiger partial charge in [0, 0.05) is 6.42 Å². The minimum absolute atomic E-state index is 0.113. The van der Waals surface area contributed by atoms with Crippen LogP contribution in [0.3, 0.4) is 0 Å². The molecule has 1 aliphatic heterocycles. The Kier molecular flexibility index (Phi) is 56.6. The number of amides is 1. The predicted octanol–water partition coefficient (Wildman–Crippen LogP) is 17.6. The second-order valence-electron chi connectivity index (χ2n) is 23.5. The minimum Gasteiger partial charge on any atom is -0.454 e.